The van der Waals surface area contributed by atoms with Crippen molar-refractivity contribution in [3.05, 3.63) is 57.5 Å². The van der Waals surface area contributed by atoms with Gasteiger partial charge in [-0.25, -0.2) is 9.66 Å². The number of aromatic nitrogens is 2. The molecule has 0 atom stereocenters. The fourth-order valence-electron chi connectivity index (χ4n) is 2.67. The molecule has 0 aliphatic rings. The number of fused-ring (bicyclic) bond motifs is 1. The predicted octanol–water partition coefficient (Wildman–Crippen LogP) is 3.12. The topological polar surface area (TPSA) is 73.2 Å². The Labute approximate surface area is 155 Å². The largest absolute Gasteiger partial charge is 0.494 e. The van der Waals surface area contributed by atoms with E-state index in [0.717, 1.165) is 27.3 Å². The number of aryl methyl sites for hydroxylation is 2. The summed E-state index contributed by atoms with van der Waals surface area (Å²) in [4.78, 5) is 30.8. The molecule has 0 saturated heterocycles. The van der Waals surface area contributed by atoms with Gasteiger partial charge in [-0.1, -0.05) is 25.1 Å². The minimum absolute atomic E-state index is 0.245. The van der Waals surface area contributed by atoms with Crippen molar-refractivity contribution in [1.29, 1.82) is 0 Å². The fraction of sp³-hybridized carbons (Fsp3) is 0.316. The molecule has 0 spiro atoms. The summed E-state index contributed by atoms with van der Waals surface area (Å²) in [6, 6.07) is 9.49. The Bertz CT molecular complexity index is 978. The van der Waals surface area contributed by atoms with Gasteiger partial charge in [0.25, 0.3) is 5.56 Å². The molecule has 1 aromatic carbocycles. The van der Waals surface area contributed by atoms with Gasteiger partial charge in [-0.2, -0.15) is 0 Å². The van der Waals surface area contributed by atoms with Crippen LogP contribution in [0.4, 0.5) is 0 Å². The molecule has 136 valence electrons. The van der Waals surface area contributed by atoms with Crippen LogP contribution in [0.5, 0.6) is 5.75 Å². The first-order valence-corrected chi connectivity index (χ1v) is 9.44. The van der Waals surface area contributed by atoms with Crippen molar-refractivity contribution >= 4 is 27.5 Å². The maximum absolute atomic E-state index is 12.5. The lowest BCUT2D eigenvalue weighted by atomic mass is 10.1. The van der Waals surface area contributed by atoms with E-state index < -0.39 is 0 Å². The monoisotopic (exact) mass is 371 g/mol. The third kappa shape index (κ3) is 3.94. The zero-order valence-corrected chi connectivity index (χ0v) is 15.6. The standard InChI is InChI=1S/C19H21N3O3S/c1-3-14-11-15-18(26-14)20-12-22(19(15)24)21-17(23)10-9-13-7-5-6-8-16(13)25-4-2/h5-8,11-12H,3-4,9-10H2,1-2H3,(H,21,23). The molecule has 0 aliphatic heterocycles. The van der Waals surface area contributed by atoms with Crippen molar-refractivity contribution in [3.63, 3.8) is 0 Å². The third-order valence-corrected chi connectivity index (χ3v) is 5.18. The van der Waals surface area contributed by atoms with Gasteiger partial charge < -0.3 is 4.74 Å². The number of thiophene rings is 1. The molecule has 2 heterocycles. The highest BCUT2D eigenvalue weighted by Crippen LogP contribution is 2.21. The average molecular weight is 371 g/mol. The van der Waals surface area contributed by atoms with Gasteiger partial charge in [-0.3, -0.25) is 15.0 Å². The maximum atomic E-state index is 12.5. The number of hydrogen-bond acceptors (Lipinski definition) is 5. The zero-order chi connectivity index (χ0) is 18.5. The van der Waals surface area contributed by atoms with Gasteiger partial charge in [0, 0.05) is 11.3 Å². The second-order valence-electron chi connectivity index (χ2n) is 5.78. The average Bonchev–Trinajstić information content (AvgIpc) is 3.08. The first kappa shape index (κ1) is 18.1. The van der Waals surface area contributed by atoms with Gasteiger partial charge in [0.2, 0.25) is 5.91 Å². The number of ether oxygens (including phenoxy) is 1. The molecule has 0 fully saturated rings. The first-order chi connectivity index (χ1) is 12.6. The van der Waals surface area contributed by atoms with Crippen LogP contribution >= 0.6 is 11.3 Å². The molecule has 3 rings (SSSR count). The number of rotatable bonds is 7. The van der Waals surface area contributed by atoms with Gasteiger partial charge in [0.1, 0.15) is 16.9 Å². The molecule has 2 aromatic heterocycles. The normalized spacial score (nSPS) is 10.8. The minimum atomic E-state index is -0.256. The van der Waals surface area contributed by atoms with Crippen molar-refractivity contribution in [3.8, 4) is 5.75 Å². The highest BCUT2D eigenvalue weighted by atomic mass is 32.1. The summed E-state index contributed by atoms with van der Waals surface area (Å²) < 4.78 is 6.73. The van der Waals surface area contributed by atoms with E-state index in [9.17, 15) is 9.59 Å². The Morgan fingerprint density at radius 2 is 2.12 bits per heavy atom. The molecule has 26 heavy (non-hydrogen) atoms. The molecule has 0 aliphatic carbocycles. The number of para-hydroxylation sites is 1. The van der Waals surface area contributed by atoms with Gasteiger partial charge >= 0.3 is 0 Å². The summed E-state index contributed by atoms with van der Waals surface area (Å²) >= 11 is 1.50. The molecule has 7 heteroatoms. The summed E-state index contributed by atoms with van der Waals surface area (Å²) in [6.45, 7) is 4.53. The van der Waals surface area contributed by atoms with Crippen molar-refractivity contribution in [2.45, 2.75) is 33.1 Å². The molecule has 3 aromatic rings. The van der Waals surface area contributed by atoms with Crippen molar-refractivity contribution in [2.24, 2.45) is 0 Å². The molecule has 0 radical (unpaired) electrons. The molecule has 1 amide bonds. The van der Waals surface area contributed by atoms with E-state index in [2.05, 4.69) is 10.4 Å². The SMILES string of the molecule is CCOc1ccccc1CCC(=O)Nn1cnc2sc(CC)cc2c1=O. The van der Waals surface area contributed by atoms with E-state index in [4.69, 9.17) is 4.74 Å². The van der Waals surface area contributed by atoms with E-state index in [1.165, 1.54) is 17.7 Å². The van der Waals surface area contributed by atoms with E-state index >= 15 is 0 Å². The Morgan fingerprint density at radius 1 is 1.31 bits per heavy atom. The minimum Gasteiger partial charge on any atom is -0.494 e. The summed E-state index contributed by atoms with van der Waals surface area (Å²) in [6.07, 6.45) is 3.00. The summed E-state index contributed by atoms with van der Waals surface area (Å²) in [5.41, 5.74) is 3.33. The van der Waals surface area contributed by atoms with E-state index in [0.29, 0.717) is 23.2 Å². The van der Waals surface area contributed by atoms with Gasteiger partial charge in [0.05, 0.1) is 12.0 Å². The van der Waals surface area contributed by atoms with E-state index in [1.54, 1.807) is 0 Å². The molecule has 1 N–H and O–H groups in total. The van der Waals surface area contributed by atoms with E-state index in [-0.39, 0.29) is 17.9 Å². The van der Waals surface area contributed by atoms with Crippen LogP contribution < -0.4 is 15.7 Å². The number of carbonyl (C=O) groups excluding carboxylic acids is 1. The highest BCUT2D eigenvalue weighted by molar-refractivity contribution is 7.18. The number of nitrogens with zero attached hydrogens (tertiary/aromatic N) is 2. The quantitative estimate of drug-likeness (QED) is 0.692. The number of amides is 1. The lowest BCUT2D eigenvalue weighted by Crippen LogP contribution is -2.33. The fourth-order valence-corrected chi connectivity index (χ4v) is 3.60. The second-order valence-corrected chi connectivity index (χ2v) is 6.90. The number of nitrogens with one attached hydrogen (secondary N) is 1. The van der Waals surface area contributed by atoms with Crippen molar-refractivity contribution < 1.29 is 9.53 Å². The second kappa shape index (κ2) is 8.14. The predicted molar refractivity (Wildman–Crippen MR) is 104 cm³/mol. The van der Waals surface area contributed by atoms with Crippen LogP contribution in [0.1, 0.15) is 30.7 Å². The smallest absolute Gasteiger partial charge is 0.280 e. The maximum Gasteiger partial charge on any atom is 0.280 e. The van der Waals surface area contributed by atoms with Crippen LogP contribution in [-0.4, -0.2) is 22.2 Å². The lowest BCUT2D eigenvalue weighted by Gasteiger charge is -2.10. The number of hydrogen-bond donors (Lipinski definition) is 1. The third-order valence-electron chi connectivity index (χ3n) is 3.99. The molecule has 0 saturated carbocycles. The highest BCUT2D eigenvalue weighted by Gasteiger charge is 2.11. The van der Waals surface area contributed by atoms with Crippen LogP contribution in [0.25, 0.3) is 10.2 Å². The Kier molecular flexibility index (Phi) is 5.68. The van der Waals surface area contributed by atoms with Crippen LogP contribution in [0.15, 0.2) is 41.5 Å². The Morgan fingerprint density at radius 3 is 2.88 bits per heavy atom. The van der Waals surface area contributed by atoms with Gasteiger partial charge in [0.15, 0.2) is 0 Å². The summed E-state index contributed by atoms with van der Waals surface area (Å²) in [7, 11) is 0. The van der Waals surface area contributed by atoms with Gasteiger partial charge in [-0.05, 0) is 37.5 Å². The number of carbonyl (C=O) groups is 1. The zero-order valence-electron chi connectivity index (χ0n) is 14.8. The van der Waals surface area contributed by atoms with Crippen LogP contribution in [0, 0.1) is 0 Å². The first-order valence-electron chi connectivity index (χ1n) is 8.63. The van der Waals surface area contributed by atoms with Crippen molar-refractivity contribution in [1.82, 2.24) is 9.66 Å². The molecular weight excluding hydrogens is 350 g/mol. The van der Waals surface area contributed by atoms with Gasteiger partial charge in [-0.15, -0.1) is 11.3 Å². The van der Waals surface area contributed by atoms with E-state index in [1.807, 2.05) is 44.2 Å². The van der Waals surface area contributed by atoms with Crippen LogP contribution in [0.2, 0.25) is 0 Å². The van der Waals surface area contributed by atoms with Crippen molar-refractivity contribution in [2.75, 3.05) is 12.0 Å². The molecule has 6 nitrogen and oxygen atoms in total. The Balaban J connectivity index is 1.70. The van der Waals surface area contributed by atoms with Crippen LogP contribution in [0.3, 0.4) is 0 Å². The molecule has 0 unspecified atom stereocenters. The lowest BCUT2D eigenvalue weighted by molar-refractivity contribution is -0.117. The number of benzene rings is 1. The summed E-state index contributed by atoms with van der Waals surface area (Å²) in [5, 5.41) is 0.538. The Hall–Kier alpha value is -2.67. The molecule has 0 bridgehead atoms. The summed E-state index contributed by atoms with van der Waals surface area (Å²) in [5.74, 6) is 0.541. The van der Waals surface area contributed by atoms with Crippen LogP contribution in [-0.2, 0) is 17.6 Å². The molecular formula is C19H21N3O3S.